The molecule has 1 aliphatic heterocycles. The molecule has 21 heavy (non-hydrogen) atoms. The first-order valence-electron chi connectivity index (χ1n) is 6.64. The largest absolute Gasteiger partial charge is 0.375 e. The van der Waals surface area contributed by atoms with Crippen molar-refractivity contribution < 1.29 is 18.4 Å². The normalized spacial score (nSPS) is 18.8. The highest BCUT2D eigenvalue weighted by molar-refractivity contribution is 5.90. The third-order valence-corrected chi connectivity index (χ3v) is 3.22. The van der Waals surface area contributed by atoms with Crippen LogP contribution in [0.15, 0.2) is 28.8 Å². The molecular formula is C14H14FN3O3. The molecule has 3 rings (SSSR count). The van der Waals surface area contributed by atoms with E-state index in [0.29, 0.717) is 25.3 Å². The van der Waals surface area contributed by atoms with Crippen LogP contribution in [0.25, 0.3) is 11.5 Å². The average molecular weight is 291 g/mol. The van der Waals surface area contributed by atoms with Gasteiger partial charge in [-0.25, -0.2) is 4.39 Å². The van der Waals surface area contributed by atoms with Crippen molar-refractivity contribution in [1.82, 2.24) is 15.0 Å². The first-order valence-corrected chi connectivity index (χ1v) is 6.64. The van der Waals surface area contributed by atoms with Crippen LogP contribution in [-0.4, -0.2) is 46.7 Å². The first kappa shape index (κ1) is 13.7. The van der Waals surface area contributed by atoms with E-state index >= 15 is 0 Å². The minimum Gasteiger partial charge on any atom is -0.375 e. The van der Waals surface area contributed by atoms with Crippen LogP contribution in [0.3, 0.4) is 0 Å². The maximum atomic E-state index is 13.2. The predicted octanol–water partition coefficient (Wildman–Crippen LogP) is 1.74. The van der Waals surface area contributed by atoms with Gasteiger partial charge in [0.15, 0.2) is 0 Å². The lowest BCUT2D eigenvalue weighted by molar-refractivity contribution is -0.0129. The molecule has 0 unspecified atom stereocenters. The Labute approximate surface area is 120 Å². The molecule has 0 spiro atoms. The van der Waals surface area contributed by atoms with Crippen LogP contribution in [0.2, 0.25) is 0 Å². The second kappa shape index (κ2) is 5.61. The smallest absolute Gasteiger partial charge is 0.295 e. The topological polar surface area (TPSA) is 68.5 Å². The SMILES string of the molecule is C[C@H]1CN(C(=O)c2noc(-c3cccc(F)c3)n2)CCO1. The van der Waals surface area contributed by atoms with Crippen molar-refractivity contribution in [3.05, 3.63) is 35.9 Å². The van der Waals surface area contributed by atoms with Crippen molar-refractivity contribution in [1.29, 1.82) is 0 Å². The second-order valence-corrected chi connectivity index (χ2v) is 4.87. The van der Waals surface area contributed by atoms with Crippen LogP contribution < -0.4 is 0 Å². The summed E-state index contributed by atoms with van der Waals surface area (Å²) < 4.78 is 23.6. The molecule has 2 heterocycles. The Bertz CT molecular complexity index is 658. The van der Waals surface area contributed by atoms with Gasteiger partial charge >= 0.3 is 0 Å². The highest BCUT2D eigenvalue weighted by atomic mass is 19.1. The van der Waals surface area contributed by atoms with Crippen molar-refractivity contribution in [3.63, 3.8) is 0 Å². The maximum absolute atomic E-state index is 13.2. The zero-order valence-corrected chi connectivity index (χ0v) is 11.5. The fraction of sp³-hybridized carbons (Fsp3) is 0.357. The number of aromatic nitrogens is 2. The molecule has 0 aliphatic carbocycles. The summed E-state index contributed by atoms with van der Waals surface area (Å²) in [5.41, 5.74) is 0.442. The lowest BCUT2D eigenvalue weighted by atomic mass is 10.2. The third kappa shape index (κ3) is 2.92. The van der Waals surface area contributed by atoms with E-state index in [-0.39, 0.29) is 23.7 Å². The highest BCUT2D eigenvalue weighted by Gasteiger charge is 2.26. The van der Waals surface area contributed by atoms with E-state index in [0.717, 1.165) is 0 Å². The number of rotatable bonds is 2. The third-order valence-electron chi connectivity index (χ3n) is 3.22. The van der Waals surface area contributed by atoms with E-state index in [2.05, 4.69) is 10.1 Å². The van der Waals surface area contributed by atoms with E-state index < -0.39 is 5.82 Å². The van der Waals surface area contributed by atoms with E-state index in [9.17, 15) is 9.18 Å². The number of carbonyl (C=O) groups is 1. The Morgan fingerprint density at radius 2 is 2.33 bits per heavy atom. The molecule has 1 fully saturated rings. The summed E-state index contributed by atoms with van der Waals surface area (Å²) in [6.07, 6.45) is -0.0164. The summed E-state index contributed by atoms with van der Waals surface area (Å²) >= 11 is 0. The lowest BCUT2D eigenvalue weighted by Crippen LogP contribution is -2.44. The minimum atomic E-state index is -0.402. The molecule has 6 nitrogen and oxygen atoms in total. The molecule has 1 aromatic heterocycles. The monoisotopic (exact) mass is 291 g/mol. The fourth-order valence-electron chi connectivity index (χ4n) is 2.19. The van der Waals surface area contributed by atoms with Gasteiger partial charge in [-0.3, -0.25) is 4.79 Å². The number of carbonyl (C=O) groups excluding carboxylic acids is 1. The molecule has 1 aliphatic rings. The number of halogens is 1. The minimum absolute atomic E-state index is 0.0164. The van der Waals surface area contributed by atoms with Gasteiger partial charge in [0.25, 0.3) is 17.6 Å². The summed E-state index contributed by atoms with van der Waals surface area (Å²) in [5.74, 6) is -0.611. The Kier molecular flexibility index (Phi) is 3.66. The number of amides is 1. The average Bonchev–Trinajstić information content (AvgIpc) is 2.96. The number of benzene rings is 1. The van der Waals surface area contributed by atoms with Crippen molar-refractivity contribution in [2.75, 3.05) is 19.7 Å². The summed E-state index contributed by atoms with van der Waals surface area (Å²) in [7, 11) is 0. The number of hydrogen-bond donors (Lipinski definition) is 0. The molecule has 1 saturated heterocycles. The van der Waals surface area contributed by atoms with Crippen molar-refractivity contribution in [2.45, 2.75) is 13.0 Å². The highest BCUT2D eigenvalue weighted by Crippen LogP contribution is 2.18. The van der Waals surface area contributed by atoms with Gasteiger partial charge in [-0.15, -0.1) is 0 Å². The van der Waals surface area contributed by atoms with E-state index in [1.165, 1.54) is 12.1 Å². The molecule has 0 N–H and O–H groups in total. The Hall–Kier alpha value is -2.28. The van der Waals surface area contributed by atoms with Gasteiger partial charge < -0.3 is 14.2 Å². The molecular weight excluding hydrogens is 277 g/mol. The van der Waals surface area contributed by atoms with E-state index in [1.807, 2.05) is 6.92 Å². The van der Waals surface area contributed by atoms with Gasteiger partial charge in [0.05, 0.1) is 12.7 Å². The Morgan fingerprint density at radius 1 is 1.48 bits per heavy atom. The maximum Gasteiger partial charge on any atom is 0.295 e. The van der Waals surface area contributed by atoms with E-state index in [1.54, 1.807) is 17.0 Å². The molecule has 0 saturated carbocycles. The van der Waals surface area contributed by atoms with Gasteiger partial charge in [0, 0.05) is 18.7 Å². The number of ether oxygens (including phenoxy) is 1. The molecule has 1 amide bonds. The van der Waals surface area contributed by atoms with Gasteiger partial charge in [-0.1, -0.05) is 11.2 Å². The summed E-state index contributed by atoms with van der Waals surface area (Å²) in [4.78, 5) is 17.9. The Balaban J connectivity index is 1.80. The van der Waals surface area contributed by atoms with Crippen LogP contribution in [0.4, 0.5) is 4.39 Å². The molecule has 2 aromatic rings. The van der Waals surface area contributed by atoms with Gasteiger partial charge in [-0.2, -0.15) is 4.98 Å². The van der Waals surface area contributed by atoms with Crippen LogP contribution in [0.1, 0.15) is 17.5 Å². The number of hydrogen-bond acceptors (Lipinski definition) is 5. The van der Waals surface area contributed by atoms with Gasteiger partial charge in [0.1, 0.15) is 5.82 Å². The number of nitrogens with zero attached hydrogens (tertiary/aromatic N) is 3. The van der Waals surface area contributed by atoms with E-state index in [4.69, 9.17) is 9.26 Å². The summed E-state index contributed by atoms with van der Waals surface area (Å²) in [6, 6.07) is 5.78. The number of morpholine rings is 1. The standard InChI is InChI=1S/C14H14FN3O3/c1-9-8-18(5-6-20-9)14(19)12-16-13(21-17-12)10-3-2-4-11(15)7-10/h2-4,7,9H,5-6,8H2,1H3/t9-/m0/s1. The molecule has 1 aromatic carbocycles. The van der Waals surface area contributed by atoms with Gasteiger partial charge in [-0.05, 0) is 25.1 Å². The quantitative estimate of drug-likeness (QED) is 0.843. The molecule has 7 heteroatoms. The second-order valence-electron chi connectivity index (χ2n) is 4.87. The Morgan fingerprint density at radius 3 is 3.10 bits per heavy atom. The van der Waals surface area contributed by atoms with Crippen molar-refractivity contribution >= 4 is 5.91 Å². The fourth-order valence-corrected chi connectivity index (χ4v) is 2.19. The zero-order chi connectivity index (χ0) is 14.8. The van der Waals surface area contributed by atoms with Crippen LogP contribution in [-0.2, 0) is 4.74 Å². The molecule has 1 atom stereocenters. The van der Waals surface area contributed by atoms with Crippen molar-refractivity contribution in [3.8, 4) is 11.5 Å². The van der Waals surface area contributed by atoms with Crippen LogP contribution in [0, 0.1) is 5.82 Å². The predicted molar refractivity (Wildman–Crippen MR) is 71.0 cm³/mol. The first-order chi connectivity index (χ1) is 10.1. The molecule has 0 bridgehead atoms. The molecule has 0 radical (unpaired) electrons. The van der Waals surface area contributed by atoms with Gasteiger partial charge in [0.2, 0.25) is 0 Å². The van der Waals surface area contributed by atoms with Crippen LogP contribution in [0.5, 0.6) is 0 Å². The summed E-state index contributed by atoms with van der Waals surface area (Å²) in [5, 5.41) is 3.68. The van der Waals surface area contributed by atoms with Crippen molar-refractivity contribution in [2.24, 2.45) is 0 Å². The summed E-state index contributed by atoms with van der Waals surface area (Å²) in [6.45, 7) is 3.37. The lowest BCUT2D eigenvalue weighted by Gasteiger charge is -2.30. The molecule has 110 valence electrons. The zero-order valence-electron chi connectivity index (χ0n) is 11.5. The van der Waals surface area contributed by atoms with Crippen LogP contribution >= 0.6 is 0 Å².